The van der Waals surface area contributed by atoms with Gasteiger partial charge in [0.2, 0.25) is 5.91 Å². The summed E-state index contributed by atoms with van der Waals surface area (Å²) in [6.07, 6.45) is 2.93. The van der Waals surface area contributed by atoms with Gasteiger partial charge in [0.1, 0.15) is 11.1 Å². The molecule has 1 unspecified atom stereocenters. The molecule has 0 spiro atoms. The summed E-state index contributed by atoms with van der Waals surface area (Å²) in [6.45, 7) is 2.21. The van der Waals surface area contributed by atoms with Gasteiger partial charge in [-0.25, -0.2) is 4.98 Å². The molecule has 6 nitrogen and oxygen atoms in total. The third kappa shape index (κ3) is 3.80. The van der Waals surface area contributed by atoms with Crippen molar-refractivity contribution in [2.24, 2.45) is 13.0 Å². The molecule has 0 bridgehead atoms. The maximum Gasteiger partial charge on any atom is 0.261 e. The number of nitrogens with one attached hydrogen (secondary N) is 1. The molecule has 3 aromatic rings. The van der Waals surface area contributed by atoms with Crippen molar-refractivity contribution in [1.29, 1.82) is 5.26 Å². The van der Waals surface area contributed by atoms with Crippen LogP contribution in [0.25, 0.3) is 10.9 Å². The summed E-state index contributed by atoms with van der Waals surface area (Å²) >= 11 is 2.73. The van der Waals surface area contributed by atoms with E-state index in [1.807, 2.05) is 6.07 Å². The first kappa shape index (κ1) is 19.7. The van der Waals surface area contributed by atoms with E-state index in [9.17, 15) is 14.9 Å². The van der Waals surface area contributed by atoms with E-state index in [4.69, 9.17) is 0 Å². The van der Waals surface area contributed by atoms with Crippen LogP contribution in [0.5, 0.6) is 0 Å². The molecule has 4 rings (SSSR count). The molecular weight excluding hydrogens is 404 g/mol. The summed E-state index contributed by atoms with van der Waals surface area (Å²) in [5.74, 6) is 0.509. The maximum absolute atomic E-state index is 12.5. The Balaban J connectivity index is 1.51. The fraction of sp³-hybridized carbons (Fsp3) is 0.333. The van der Waals surface area contributed by atoms with Crippen molar-refractivity contribution in [1.82, 2.24) is 9.55 Å². The van der Waals surface area contributed by atoms with Crippen LogP contribution in [0.4, 0.5) is 5.00 Å². The number of benzene rings is 1. The molecule has 1 atom stereocenters. The number of aromatic nitrogens is 2. The predicted octanol–water partition coefficient (Wildman–Crippen LogP) is 3.72. The highest BCUT2D eigenvalue weighted by Crippen LogP contribution is 2.39. The van der Waals surface area contributed by atoms with Crippen LogP contribution in [0.2, 0.25) is 0 Å². The number of thiophene rings is 1. The Bertz CT molecular complexity index is 1210. The summed E-state index contributed by atoms with van der Waals surface area (Å²) in [5.41, 5.74) is 2.18. The number of rotatable bonds is 4. The first-order valence-corrected chi connectivity index (χ1v) is 11.2. The molecule has 2 aromatic heterocycles. The van der Waals surface area contributed by atoms with E-state index in [0.29, 0.717) is 32.5 Å². The highest BCUT2D eigenvalue weighted by Gasteiger charge is 2.24. The van der Waals surface area contributed by atoms with Crippen LogP contribution in [-0.2, 0) is 24.7 Å². The van der Waals surface area contributed by atoms with Crippen molar-refractivity contribution >= 4 is 44.9 Å². The highest BCUT2D eigenvalue weighted by molar-refractivity contribution is 7.99. The Morgan fingerprint density at radius 2 is 2.24 bits per heavy atom. The van der Waals surface area contributed by atoms with Crippen LogP contribution in [0, 0.1) is 17.2 Å². The topological polar surface area (TPSA) is 87.8 Å². The van der Waals surface area contributed by atoms with Gasteiger partial charge in [-0.2, -0.15) is 5.26 Å². The quantitative estimate of drug-likeness (QED) is 0.509. The van der Waals surface area contributed by atoms with E-state index in [0.717, 1.165) is 24.8 Å². The number of fused-ring (bicyclic) bond motifs is 2. The smallest absolute Gasteiger partial charge is 0.261 e. The minimum absolute atomic E-state index is 0.114. The van der Waals surface area contributed by atoms with Gasteiger partial charge in [-0.05, 0) is 42.9 Å². The van der Waals surface area contributed by atoms with Gasteiger partial charge < -0.3 is 5.32 Å². The highest BCUT2D eigenvalue weighted by atomic mass is 32.2. The van der Waals surface area contributed by atoms with Gasteiger partial charge in [0.25, 0.3) is 5.56 Å². The molecule has 1 N–H and O–H groups in total. The van der Waals surface area contributed by atoms with Crippen molar-refractivity contribution in [2.75, 3.05) is 11.1 Å². The SMILES string of the molecule is CC1CCc2c(sc(NC(=O)CSc3nc4ccccc4c(=O)n3C)c2C#N)C1. The van der Waals surface area contributed by atoms with Crippen LogP contribution in [-0.4, -0.2) is 21.2 Å². The van der Waals surface area contributed by atoms with Gasteiger partial charge >= 0.3 is 0 Å². The van der Waals surface area contributed by atoms with Gasteiger partial charge in [-0.1, -0.05) is 30.8 Å². The molecular formula is C21H20N4O2S2. The Labute approximate surface area is 176 Å². The van der Waals surface area contributed by atoms with Crippen LogP contribution >= 0.6 is 23.1 Å². The molecule has 1 amide bonds. The Hall–Kier alpha value is -2.63. The number of thioether (sulfide) groups is 1. The first-order chi connectivity index (χ1) is 14.0. The van der Waals surface area contributed by atoms with Gasteiger partial charge in [0.05, 0.1) is 22.2 Å². The normalized spacial score (nSPS) is 15.7. The number of anilines is 1. The minimum Gasteiger partial charge on any atom is -0.316 e. The molecule has 1 aromatic carbocycles. The Morgan fingerprint density at radius 3 is 3.03 bits per heavy atom. The van der Waals surface area contributed by atoms with E-state index < -0.39 is 0 Å². The average molecular weight is 425 g/mol. The summed E-state index contributed by atoms with van der Waals surface area (Å²) < 4.78 is 1.46. The second kappa shape index (κ2) is 8.01. The molecule has 0 aliphatic heterocycles. The predicted molar refractivity (Wildman–Crippen MR) is 117 cm³/mol. The lowest BCUT2D eigenvalue weighted by Crippen LogP contribution is -2.21. The third-order valence-corrected chi connectivity index (χ3v) is 7.35. The zero-order valence-electron chi connectivity index (χ0n) is 16.2. The monoisotopic (exact) mass is 424 g/mol. The fourth-order valence-corrected chi connectivity index (χ4v) is 5.73. The van der Waals surface area contributed by atoms with Crippen LogP contribution < -0.4 is 10.9 Å². The number of amides is 1. The molecule has 29 heavy (non-hydrogen) atoms. The van der Waals surface area contributed by atoms with Gasteiger partial charge in [-0.3, -0.25) is 14.2 Å². The average Bonchev–Trinajstić information content (AvgIpc) is 3.05. The second-order valence-corrected chi connectivity index (χ2v) is 9.33. The molecule has 0 saturated heterocycles. The summed E-state index contributed by atoms with van der Waals surface area (Å²) in [5, 5.41) is 14.1. The van der Waals surface area contributed by atoms with Gasteiger partial charge in [0.15, 0.2) is 5.16 Å². The number of carbonyl (C=O) groups excluding carboxylic acids is 1. The van der Waals surface area contributed by atoms with Crippen molar-refractivity contribution < 1.29 is 4.79 Å². The van der Waals surface area contributed by atoms with Gasteiger partial charge in [0, 0.05) is 11.9 Å². The summed E-state index contributed by atoms with van der Waals surface area (Å²) in [6, 6.07) is 9.44. The largest absolute Gasteiger partial charge is 0.316 e. The third-order valence-electron chi connectivity index (χ3n) is 5.15. The second-order valence-electron chi connectivity index (χ2n) is 7.28. The molecule has 148 valence electrons. The Morgan fingerprint density at radius 1 is 1.45 bits per heavy atom. The van der Waals surface area contributed by atoms with Gasteiger partial charge in [-0.15, -0.1) is 11.3 Å². The Kier molecular flexibility index (Phi) is 5.43. The zero-order valence-corrected chi connectivity index (χ0v) is 17.8. The molecule has 2 heterocycles. The molecule has 1 aliphatic rings. The molecule has 0 radical (unpaired) electrons. The number of nitriles is 1. The van der Waals surface area contributed by atoms with Crippen molar-refractivity contribution in [2.45, 2.75) is 31.3 Å². The zero-order chi connectivity index (χ0) is 20.5. The lowest BCUT2D eigenvalue weighted by molar-refractivity contribution is -0.113. The number of para-hydroxylation sites is 1. The standard InChI is InChI=1S/C21H20N4O2S2/c1-12-7-8-13-15(10-22)19(29-17(13)9-12)24-18(26)11-28-21-23-16-6-4-3-5-14(16)20(27)25(21)2/h3-6,12H,7-9,11H2,1-2H3,(H,24,26). The number of carbonyl (C=O) groups is 1. The van der Waals surface area contributed by atoms with Crippen LogP contribution in [0.3, 0.4) is 0 Å². The molecule has 8 heteroatoms. The lowest BCUT2D eigenvalue weighted by Gasteiger charge is -2.17. The van der Waals surface area contributed by atoms with Crippen molar-refractivity contribution in [3.8, 4) is 6.07 Å². The lowest BCUT2D eigenvalue weighted by atomic mass is 9.89. The van der Waals surface area contributed by atoms with Crippen LogP contribution in [0.15, 0.2) is 34.2 Å². The van der Waals surface area contributed by atoms with Crippen molar-refractivity contribution in [3.05, 3.63) is 50.6 Å². The molecule has 1 aliphatic carbocycles. The number of hydrogen-bond donors (Lipinski definition) is 1. The number of nitrogens with zero attached hydrogens (tertiary/aromatic N) is 3. The van der Waals surface area contributed by atoms with Crippen LogP contribution in [0.1, 0.15) is 29.3 Å². The van der Waals surface area contributed by atoms with Crippen molar-refractivity contribution in [3.63, 3.8) is 0 Å². The molecule has 0 fully saturated rings. The van der Waals surface area contributed by atoms with E-state index in [-0.39, 0.29) is 17.2 Å². The summed E-state index contributed by atoms with van der Waals surface area (Å²) in [7, 11) is 1.66. The van der Waals surface area contributed by atoms with E-state index in [1.54, 1.807) is 25.2 Å². The van der Waals surface area contributed by atoms with E-state index in [2.05, 4.69) is 23.3 Å². The summed E-state index contributed by atoms with van der Waals surface area (Å²) in [4.78, 5) is 30.7. The fourth-order valence-electron chi connectivity index (χ4n) is 3.58. The van der Waals surface area contributed by atoms with E-state index >= 15 is 0 Å². The number of hydrogen-bond acceptors (Lipinski definition) is 6. The van der Waals surface area contributed by atoms with E-state index in [1.165, 1.54) is 32.5 Å². The first-order valence-electron chi connectivity index (χ1n) is 9.41. The molecule has 0 saturated carbocycles. The maximum atomic E-state index is 12.5. The minimum atomic E-state index is -0.208.